The first-order valence-electron chi connectivity index (χ1n) is 8.71. The average molecular weight is 296 g/mol. The average Bonchev–Trinajstić information content (AvgIpc) is 2.34. The van der Waals surface area contributed by atoms with Crippen LogP contribution in [0.3, 0.4) is 0 Å². The molecular formula is C18H37N3. The van der Waals surface area contributed by atoms with Gasteiger partial charge in [-0.2, -0.15) is 0 Å². The van der Waals surface area contributed by atoms with Crippen LogP contribution in [0.1, 0.15) is 59.8 Å². The molecule has 3 nitrogen and oxygen atoms in total. The molecule has 0 radical (unpaired) electrons. The fourth-order valence-corrected chi connectivity index (χ4v) is 5.64. The molecule has 1 heterocycles. The molecule has 0 aromatic carbocycles. The first-order valence-corrected chi connectivity index (χ1v) is 8.71. The van der Waals surface area contributed by atoms with E-state index in [4.69, 9.17) is 5.73 Å². The Morgan fingerprint density at radius 3 is 2.14 bits per heavy atom. The Morgan fingerprint density at radius 1 is 1.10 bits per heavy atom. The summed E-state index contributed by atoms with van der Waals surface area (Å²) in [6.07, 6.45) is 6.41. The van der Waals surface area contributed by atoms with Gasteiger partial charge >= 0.3 is 0 Å². The Balaban J connectivity index is 2.23. The monoisotopic (exact) mass is 295 g/mol. The number of hydrogen-bond acceptors (Lipinski definition) is 3. The summed E-state index contributed by atoms with van der Waals surface area (Å²) < 4.78 is 0. The second kappa shape index (κ2) is 5.82. The predicted molar refractivity (Wildman–Crippen MR) is 91.5 cm³/mol. The minimum Gasteiger partial charge on any atom is -0.329 e. The number of rotatable bonds is 3. The Kier molecular flexibility index (Phi) is 4.78. The molecule has 1 unspecified atom stereocenters. The second-order valence-electron chi connectivity index (χ2n) is 9.46. The lowest BCUT2D eigenvalue weighted by Crippen LogP contribution is -2.64. The topological polar surface area (TPSA) is 32.5 Å². The summed E-state index contributed by atoms with van der Waals surface area (Å²) in [5, 5.41) is 0. The molecule has 0 amide bonds. The van der Waals surface area contributed by atoms with E-state index in [-0.39, 0.29) is 5.54 Å². The molecule has 21 heavy (non-hydrogen) atoms. The fraction of sp³-hybridized carbons (Fsp3) is 1.00. The zero-order chi connectivity index (χ0) is 15.9. The van der Waals surface area contributed by atoms with Crippen LogP contribution in [0, 0.1) is 10.8 Å². The molecule has 3 heteroatoms. The number of piperidine rings is 1. The van der Waals surface area contributed by atoms with Crippen molar-refractivity contribution in [1.29, 1.82) is 0 Å². The lowest BCUT2D eigenvalue weighted by molar-refractivity contribution is -0.0601. The molecule has 1 atom stereocenters. The third-order valence-electron chi connectivity index (χ3n) is 5.85. The van der Waals surface area contributed by atoms with Crippen LogP contribution in [-0.2, 0) is 0 Å². The van der Waals surface area contributed by atoms with E-state index in [1.165, 1.54) is 45.2 Å². The molecule has 1 aliphatic carbocycles. The Bertz CT molecular complexity index is 345. The van der Waals surface area contributed by atoms with Crippen LogP contribution >= 0.6 is 0 Å². The lowest BCUT2D eigenvalue weighted by atomic mass is 9.57. The number of likely N-dealkylation sites (N-methyl/N-ethyl adjacent to an activating group) is 2. The molecule has 2 rings (SSSR count). The summed E-state index contributed by atoms with van der Waals surface area (Å²) >= 11 is 0. The van der Waals surface area contributed by atoms with E-state index in [1.807, 2.05) is 0 Å². The highest BCUT2D eigenvalue weighted by Gasteiger charge is 2.50. The molecule has 2 aliphatic rings. The smallest absolute Gasteiger partial charge is 0.0342 e. The molecule has 0 aromatic heterocycles. The maximum absolute atomic E-state index is 6.37. The van der Waals surface area contributed by atoms with Gasteiger partial charge in [0.2, 0.25) is 0 Å². The van der Waals surface area contributed by atoms with E-state index < -0.39 is 0 Å². The quantitative estimate of drug-likeness (QED) is 0.869. The molecule has 2 fully saturated rings. The van der Waals surface area contributed by atoms with Crippen LogP contribution in [-0.4, -0.2) is 55.1 Å². The van der Waals surface area contributed by atoms with E-state index >= 15 is 0 Å². The summed E-state index contributed by atoms with van der Waals surface area (Å²) in [7, 11) is 4.60. The summed E-state index contributed by atoms with van der Waals surface area (Å²) in [5.41, 5.74) is 7.31. The van der Waals surface area contributed by atoms with Crippen molar-refractivity contribution in [3.63, 3.8) is 0 Å². The van der Waals surface area contributed by atoms with Gasteiger partial charge in [-0.05, 0) is 63.6 Å². The van der Waals surface area contributed by atoms with Crippen molar-refractivity contribution < 1.29 is 0 Å². The zero-order valence-electron chi connectivity index (χ0n) is 15.2. The lowest BCUT2D eigenvalue weighted by Gasteiger charge is -2.57. The maximum atomic E-state index is 6.37. The van der Waals surface area contributed by atoms with E-state index in [0.29, 0.717) is 16.9 Å². The van der Waals surface area contributed by atoms with Gasteiger partial charge < -0.3 is 10.6 Å². The van der Waals surface area contributed by atoms with Crippen molar-refractivity contribution in [2.24, 2.45) is 16.6 Å². The highest BCUT2D eigenvalue weighted by molar-refractivity contribution is 5.05. The third-order valence-corrected chi connectivity index (χ3v) is 5.85. The molecule has 1 saturated carbocycles. The summed E-state index contributed by atoms with van der Waals surface area (Å²) in [5.74, 6) is 0. The molecule has 2 N–H and O–H groups in total. The Labute approximate surface area is 132 Å². The second-order valence-corrected chi connectivity index (χ2v) is 9.46. The van der Waals surface area contributed by atoms with Crippen molar-refractivity contribution in [2.75, 3.05) is 33.7 Å². The third kappa shape index (κ3) is 3.80. The van der Waals surface area contributed by atoms with E-state index in [1.54, 1.807) is 0 Å². The molecule has 0 bridgehead atoms. The van der Waals surface area contributed by atoms with Crippen LogP contribution in [0.5, 0.6) is 0 Å². The van der Waals surface area contributed by atoms with Crippen molar-refractivity contribution in [1.82, 2.24) is 9.80 Å². The highest BCUT2D eigenvalue weighted by Crippen LogP contribution is 2.52. The summed E-state index contributed by atoms with van der Waals surface area (Å²) in [6.45, 7) is 12.9. The van der Waals surface area contributed by atoms with Crippen LogP contribution in [0.4, 0.5) is 0 Å². The van der Waals surface area contributed by atoms with Crippen molar-refractivity contribution in [3.8, 4) is 0 Å². The minimum absolute atomic E-state index is 0.175. The zero-order valence-corrected chi connectivity index (χ0v) is 15.2. The van der Waals surface area contributed by atoms with Crippen LogP contribution < -0.4 is 5.73 Å². The first-order chi connectivity index (χ1) is 9.59. The highest BCUT2D eigenvalue weighted by atomic mass is 15.3. The maximum Gasteiger partial charge on any atom is 0.0342 e. The summed E-state index contributed by atoms with van der Waals surface area (Å²) in [6, 6.07) is 0.664. The minimum atomic E-state index is 0.175. The SMILES string of the molecule is CN1CCCC(N(C)C2(CN)CC(C)(C)CC(C)(C)C2)C1. The largest absolute Gasteiger partial charge is 0.329 e. The number of nitrogens with two attached hydrogens (primary N) is 1. The summed E-state index contributed by atoms with van der Waals surface area (Å²) in [4.78, 5) is 5.15. The van der Waals surface area contributed by atoms with Gasteiger partial charge in [0.05, 0.1) is 0 Å². The van der Waals surface area contributed by atoms with E-state index in [9.17, 15) is 0 Å². The van der Waals surface area contributed by atoms with Crippen molar-refractivity contribution in [3.05, 3.63) is 0 Å². The van der Waals surface area contributed by atoms with Gasteiger partial charge in [-0.25, -0.2) is 0 Å². The van der Waals surface area contributed by atoms with Gasteiger partial charge in [0.15, 0.2) is 0 Å². The predicted octanol–water partition coefficient (Wildman–Crippen LogP) is 2.95. The molecular weight excluding hydrogens is 258 g/mol. The van der Waals surface area contributed by atoms with Crippen LogP contribution in [0.25, 0.3) is 0 Å². The number of nitrogens with zero attached hydrogens (tertiary/aromatic N) is 2. The van der Waals surface area contributed by atoms with Gasteiger partial charge in [-0.1, -0.05) is 27.7 Å². The van der Waals surface area contributed by atoms with Crippen LogP contribution in [0.15, 0.2) is 0 Å². The van der Waals surface area contributed by atoms with Crippen molar-refractivity contribution in [2.45, 2.75) is 71.4 Å². The Hall–Kier alpha value is -0.120. The number of hydrogen-bond donors (Lipinski definition) is 1. The van der Waals surface area contributed by atoms with Gasteiger partial charge in [-0.15, -0.1) is 0 Å². The molecule has 1 aliphatic heterocycles. The van der Waals surface area contributed by atoms with Gasteiger partial charge in [0.25, 0.3) is 0 Å². The Morgan fingerprint density at radius 2 is 1.67 bits per heavy atom. The van der Waals surface area contributed by atoms with E-state index in [2.05, 4.69) is 51.6 Å². The molecule has 124 valence electrons. The van der Waals surface area contributed by atoms with Crippen molar-refractivity contribution >= 4 is 0 Å². The fourth-order valence-electron chi connectivity index (χ4n) is 5.64. The molecule has 1 saturated heterocycles. The standard InChI is InChI=1S/C18H37N3/c1-16(2)11-17(3,4)13-18(12-16,14-19)21(6)15-8-7-9-20(5)10-15/h15H,7-14,19H2,1-6H3. The first kappa shape index (κ1) is 17.2. The number of likely N-dealkylation sites (tertiary alicyclic amines) is 1. The molecule has 0 spiro atoms. The van der Waals surface area contributed by atoms with Gasteiger partial charge in [-0.3, -0.25) is 4.90 Å². The molecule has 0 aromatic rings. The van der Waals surface area contributed by atoms with Crippen LogP contribution in [0.2, 0.25) is 0 Å². The van der Waals surface area contributed by atoms with E-state index in [0.717, 1.165) is 6.54 Å². The van der Waals surface area contributed by atoms with Gasteiger partial charge in [0.1, 0.15) is 0 Å². The normalized spacial score (nSPS) is 32.3. The van der Waals surface area contributed by atoms with Gasteiger partial charge in [0, 0.05) is 24.7 Å².